The number of ether oxygens (including phenoxy) is 2. The first-order valence-corrected chi connectivity index (χ1v) is 19.6. The Balaban J connectivity index is 1.72. The monoisotopic (exact) mass is 686 g/mol. The summed E-state index contributed by atoms with van der Waals surface area (Å²) in [5.41, 5.74) is -3.63. The average Bonchev–Trinajstić information content (AvgIpc) is 3.12. The van der Waals surface area contributed by atoms with Crippen LogP contribution < -0.4 is 15.2 Å². The topological polar surface area (TPSA) is 112 Å². The Hall–Kier alpha value is -4.49. The quantitative estimate of drug-likeness (QED) is 0.179. The number of methoxy groups -OCH3 is 1. The summed E-state index contributed by atoms with van der Waals surface area (Å²) in [5.74, 6) is -7.76. The first-order chi connectivity index (χ1) is 23.5. The van der Waals surface area contributed by atoms with E-state index in [1.165, 1.54) is 19.2 Å². The standard InChI is InChI=1S/C37H37F3N4O4Si/c1-47-22-48-37(20-41,21-42)32-33(38)30(31(36(45)46)34(39)35(32)40)29-25-12-10-23(43-14-6-4-7-15-43)18-27(25)49(2,3)28-19-24(11-13-26(28)29)44-16-8-5-9-17-44/h10-13,18-19H,4-9,14-17,22H2,1-3H3. The first-order valence-electron chi connectivity index (χ1n) is 16.6. The van der Waals surface area contributed by atoms with Crippen LogP contribution in [0.1, 0.15) is 65.6 Å². The number of fused-ring (bicyclic) bond motifs is 2. The summed E-state index contributed by atoms with van der Waals surface area (Å²) in [5, 5.41) is 34.4. The molecule has 2 aromatic carbocycles. The summed E-state index contributed by atoms with van der Waals surface area (Å²) in [6.45, 7) is 7.08. The first kappa shape index (κ1) is 34.4. The van der Waals surface area contributed by atoms with Crippen LogP contribution in [0.3, 0.4) is 0 Å². The van der Waals surface area contributed by atoms with Crippen molar-refractivity contribution in [3.8, 4) is 12.1 Å². The van der Waals surface area contributed by atoms with Gasteiger partial charge in [0.25, 0.3) is 5.60 Å². The maximum absolute atomic E-state index is 17.2. The van der Waals surface area contributed by atoms with Gasteiger partial charge in [-0.25, -0.2) is 17.7 Å². The van der Waals surface area contributed by atoms with E-state index in [2.05, 4.69) is 34.7 Å². The Morgan fingerprint density at radius 3 is 2.31 bits per heavy atom. The second-order valence-corrected chi connectivity index (χ2v) is 17.7. The fourth-order valence-corrected chi connectivity index (χ4v) is 10.7. The van der Waals surface area contributed by atoms with Crippen molar-refractivity contribution >= 4 is 36.2 Å². The summed E-state index contributed by atoms with van der Waals surface area (Å²) in [4.78, 5) is 14.9. The molecule has 0 unspecified atom stereocenters. The van der Waals surface area contributed by atoms with E-state index in [1.54, 1.807) is 12.1 Å². The van der Waals surface area contributed by atoms with E-state index >= 15 is 13.2 Å². The van der Waals surface area contributed by atoms with Crippen molar-refractivity contribution in [2.45, 2.75) is 57.2 Å². The van der Waals surface area contributed by atoms with Crippen LogP contribution >= 0.6 is 0 Å². The van der Waals surface area contributed by atoms with Gasteiger partial charge in [-0.15, -0.1) is 0 Å². The van der Waals surface area contributed by atoms with E-state index in [4.69, 9.17) is 9.47 Å². The molecule has 8 nitrogen and oxygen atoms in total. The number of nitriles is 2. The van der Waals surface area contributed by atoms with E-state index in [0.717, 1.165) is 86.5 Å². The second kappa shape index (κ2) is 13.4. The highest BCUT2D eigenvalue weighted by Crippen LogP contribution is 2.46. The Labute approximate surface area is 284 Å². The molecule has 12 heteroatoms. The molecule has 2 aromatic rings. The highest BCUT2D eigenvalue weighted by Gasteiger charge is 2.47. The third-order valence-electron chi connectivity index (χ3n) is 10.2. The van der Waals surface area contributed by atoms with E-state index in [1.807, 2.05) is 12.1 Å². The maximum Gasteiger partial charge on any atom is 0.275 e. The number of hydrogen-bond acceptors (Lipinski definition) is 7. The summed E-state index contributed by atoms with van der Waals surface area (Å²) in [6, 6.07) is 8.65. The van der Waals surface area contributed by atoms with E-state index in [9.17, 15) is 20.4 Å². The number of carboxylic acid groups (broad SMARTS) is 1. The van der Waals surface area contributed by atoms with Gasteiger partial charge in [-0.05, 0) is 71.0 Å². The molecule has 0 N–H and O–H groups in total. The van der Waals surface area contributed by atoms with Gasteiger partial charge in [-0.3, -0.25) is 0 Å². The molecule has 3 aliphatic heterocycles. The largest absolute Gasteiger partial charge is 0.545 e. The molecule has 2 saturated heterocycles. The fourth-order valence-electron chi connectivity index (χ4n) is 7.61. The molecule has 3 heterocycles. The van der Waals surface area contributed by atoms with Gasteiger partial charge in [0.05, 0.1) is 11.5 Å². The lowest BCUT2D eigenvalue weighted by Gasteiger charge is -2.39. The molecule has 2 fully saturated rings. The SMILES string of the molecule is COCOC(C#N)(C#N)c1c(F)c(F)c(C(=O)[O-])c(C2=C3C=CC(=[N+]4CCCCC4)C=C3[Si](C)(C)c3cc(N4CCCCC4)ccc32)c1F. The third kappa shape index (κ3) is 5.72. The van der Waals surface area contributed by atoms with Crippen LogP contribution in [-0.2, 0) is 15.1 Å². The fraction of sp³-hybridized carbons (Fsp3) is 0.405. The van der Waals surface area contributed by atoms with Crippen molar-refractivity contribution in [1.29, 1.82) is 10.5 Å². The molecule has 6 rings (SSSR count). The van der Waals surface area contributed by atoms with Crippen LogP contribution in [0.2, 0.25) is 13.1 Å². The number of benzene rings is 2. The molecule has 0 spiro atoms. The average molecular weight is 687 g/mol. The van der Waals surface area contributed by atoms with Crippen LogP contribution in [-0.4, -0.2) is 64.4 Å². The van der Waals surface area contributed by atoms with Crippen molar-refractivity contribution in [3.63, 3.8) is 0 Å². The lowest BCUT2D eigenvalue weighted by atomic mass is 9.83. The van der Waals surface area contributed by atoms with Gasteiger partial charge in [0.15, 0.2) is 17.3 Å². The summed E-state index contributed by atoms with van der Waals surface area (Å²) in [6.07, 6.45) is 12.2. The molecule has 0 bridgehead atoms. The Morgan fingerprint density at radius 1 is 1.00 bits per heavy atom. The molecule has 0 atom stereocenters. The van der Waals surface area contributed by atoms with Gasteiger partial charge in [-0.1, -0.05) is 19.2 Å². The second-order valence-electron chi connectivity index (χ2n) is 13.4. The van der Waals surface area contributed by atoms with Crippen LogP contribution in [0, 0.1) is 40.1 Å². The number of halogens is 3. The Kier molecular flexibility index (Phi) is 9.42. The lowest BCUT2D eigenvalue weighted by molar-refractivity contribution is -0.535. The summed E-state index contributed by atoms with van der Waals surface area (Å²) in [7, 11) is -1.47. The van der Waals surface area contributed by atoms with Gasteiger partial charge in [0.2, 0.25) is 0 Å². The number of hydrogen-bond donors (Lipinski definition) is 0. The van der Waals surface area contributed by atoms with Crippen molar-refractivity contribution in [3.05, 3.63) is 86.9 Å². The van der Waals surface area contributed by atoms with E-state index < -0.39 is 60.6 Å². The number of carbonyl (C=O) groups excluding carboxylic acids is 1. The molecule has 0 amide bonds. The summed E-state index contributed by atoms with van der Waals surface area (Å²) < 4.78 is 61.4. The number of aromatic carboxylic acids is 1. The number of carboxylic acids is 1. The number of piperidine rings is 2. The van der Waals surface area contributed by atoms with Crippen LogP contribution in [0.5, 0.6) is 0 Å². The summed E-state index contributed by atoms with van der Waals surface area (Å²) >= 11 is 0. The number of nitrogens with zero attached hydrogens (tertiary/aromatic N) is 4. The molecule has 49 heavy (non-hydrogen) atoms. The molecule has 4 aliphatic rings. The Bertz CT molecular complexity index is 1930. The van der Waals surface area contributed by atoms with Crippen molar-refractivity contribution < 1.29 is 37.1 Å². The Morgan fingerprint density at radius 2 is 1.67 bits per heavy atom. The van der Waals surface area contributed by atoms with Crippen molar-refractivity contribution in [2.24, 2.45) is 0 Å². The number of anilines is 1. The smallest absolute Gasteiger partial charge is 0.275 e. The van der Waals surface area contributed by atoms with Crippen LogP contribution in [0.25, 0.3) is 5.57 Å². The van der Waals surface area contributed by atoms with Crippen molar-refractivity contribution in [2.75, 3.05) is 45.0 Å². The molecule has 0 radical (unpaired) electrons. The van der Waals surface area contributed by atoms with Gasteiger partial charge in [-0.2, -0.15) is 10.5 Å². The highest BCUT2D eigenvalue weighted by atomic mass is 28.3. The highest BCUT2D eigenvalue weighted by molar-refractivity contribution is 6.98. The van der Waals surface area contributed by atoms with E-state index in [0.29, 0.717) is 11.1 Å². The zero-order valence-electron chi connectivity index (χ0n) is 27.8. The number of rotatable bonds is 7. The predicted molar refractivity (Wildman–Crippen MR) is 178 cm³/mol. The number of allylic oxidation sites excluding steroid dienone is 5. The molecular formula is C37H37F3N4O4Si. The van der Waals surface area contributed by atoms with Gasteiger partial charge in [0.1, 0.15) is 45.9 Å². The maximum atomic E-state index is 17.2. The minimum Gasteiger partial charge on any atom is -0.545 e. The third-order valence-corrected chi connectivity index (χ3v) is 13.7. The minimum atomic E-state index is -3.00. The molecule has 0 aromatic heterocycles. The van der Waals surface area contributed by atoms with Gasteiger partial charge < -0.3 is 24.3 Å². The van der Waals surface area contributed by atoms with Crippen LogP contribution in [0.15, 0.2) is 47.2 Å². The number of carbonyl (C=O) groups is 1. The predicted octanol–water partition coefficient (Wildman–Crippen LogP) is 4.72. The zero-order chi connectivity index (χ0) is 35.1. The zero-order valence-corrected chi connectivity index (χ0v) is 28.8. The normalized spacial score (nSPS) is 18.8. The minimum absolute atomic E-state index is 0.0144. The molecular weight excluding hydrogens is 650 g/mol. The molecule has 1 aliphatic carbocycles. The van der Waals surface area contributed by atoms with Crippen molar-refractivity contribution in [1.82, 2.24) is 0 Å². The van der Waals surface area contributed by atoms with Gasteiger partial charge in [0, 0.05) is 62.0 Å². The lowest BCUT2D eigenvalue weighted by Crippen LogP contribution is -2.50. The van der Waals surface area contributed by atoms with Gasteiger partial charge >= 0.3 is 0 Å². The molecule has 254 valence electrons. The molecule has 0 saturated carbocycles. The van der Waals surface area contributed by atoms with Crippen LogP contribution in [0.4, 0.5) is 18.9 Å². The van der Waals surface area contributed by atoms with E-state index in [-0.39, 0.29) is 5.57 Å².